The number of aliphatic carboxylic acids is 4. The van der Waals surface area contributed by atoms with E-state index in [2.05, 4.69) is 73.1 Å². The van der Waals surface area contributed by atoms with Crippen molar-refractivity contribution in [1.82, 2.24) is 92.7 Å². The number of benzene rings is 1. The largest absolute Gasteiger partial charge is 3.00 e. The van der Waals surface area contributed by atoms with Crippen molar-refractivity contribution in [3.05, 3.63) is 66.3 Å². The molecule has 568 valence electrons. The quantitative estimate of drug-likeness (QED) is 0.0234. The third-order valence-electron chi connectivity index (χ3n) is 16.0. The molecule has 0 bridgehead atoms. The first-order chi connectivity index (χ1) is 49.2. The molecule has 0 unspecified atom stereocenters. The number of amides is 11. The summed E-state index contributed by atoms with van der Waals surface area (Å²) >= 11 is 0. The molecule has 15 N–H and O–H groups in total. The standard InChI is InChI=1S/C64H97N19O20.In/c65-61(100)46(5-1-3-19-68-54(89)34-72-52(87)14-12-50(85)70-21-17-43-32-66-40-74-43)77-63(102)48(11-16-57(92)93)79-62(101)47(6-2-4-20-69-55(90)35-73-53(88)15-13-51(86)71-22-18-44-33-67-41-75-44)78-64(103)49(31-42-7-9-45(84)10-8-42)76-56(91)36-80-23-25-81(37-58(94)95)27-29-83(39-60(98)99)30-28-82(26-24-80)38-59(96)97;/h7-10,32-33,40-41,46-49,84H,1-6,11-31,34-39H2,(H2,65,100)(H,66,74)(H,67,75)(H,68,89)(H,69,90)(H,70,85)(H,71,86)(H,72,87)(H,73,88)(H,76,91)(H,77,102)(H,78,103)(H,79,101)(H,92,93)(H,94,95)(H,96,97)(H,98,99);/q;+3/p-3/t46-,47-,48-,49-;/m1./s1/i;1-4. The van der Waals surface area contributed by atoms with Gasteiger partial charge < -0.3 is 114 Å². The third-order valence-corrected chi connectivity index (χ3v) is 16.0. The normalized spacial score (nSPS) is 14.3. The maximum Gasteiger partial charge on any atom is 3.00 e. The Hall–Kier alpha value is -9.80. The third kappa shape index (κ3) is 39.6. The molecule has 0 radical (unpaired) electrons. The molecule has 39 nitrogen and oxygen atoms in total. The number of carbonyl (C=O) groups is 15. The van der Waals surface area contributed by atoms with E-state index < -0.39 is 153 Å². The van der Waals surface area contributed by atoms with Crippen LogP contribution in [0.15, 0.2) is 49.3 Å². The Morgan fingerprint density at radius 1 is 0.433 bits per heavy atom. The van der Waals surface area contributed by atoms with E-state index in [1.165, 1.54) is 51.6 Å². The summed E-state index contributed by atoms with van der Waals surface area (Å²) < 4.78 is 0. The Morgan fingerprint density at radius 3 is 1.18 bits per heavy atom. The molecule has 0 spiro atoms. The second kappa shape index (κ2) is 49.7. The molecule has 1 fully saturated rings. The minimum Gasteiger partial charge on any atom is -0.550 e. The summed E-state index contributed by atoms with van der Waals surface area (Å²) in [4.78, 5) is 212. The molecule has 0 aliphatic carbocycles. The average molecular weight is 1560 g/mol. The number of imidazole rings is 2. The predicted octanol–water partition coefficient (Wildman–Crippen LogP) is -11.4. The zero-order chi connectivity index (χ0) is 75.5. The number of phenols is 1. The van der Waals surface area contributed by atoms with Crippen molar-refractivity contribution in [3.8, 4) is 5.75 Å². The van der Waals surface area contributed by atoms with Gasteiger partial charge in [0, 0.05) is 173 Å². The Kier molecular flexibility index (Phi) is 42.3. The van der Waals surface area contributed by atoms with E-state index in [0.717, 1.165) is 11.4 Å². The summed E-state index contributed by atoms with van der Waals surface area (Å²) in [6.45, 7) is -2.49. The van der Waals surface area contributed by atoms with Crippen LogP contribution in [0.2, 0.25) is 0 Å². The van der Waals surface area contributed by atoms with Crippen LogP contribution in [0.4, 0.5) is 0 Å². The topological polar surface area (TPSA) is 585 Å². The molecule has 3 aromatic rings. The van der Waals surface area contributed by atoms with E-state index in [4.69, 9.17) is 5.73 Å². The first kappa shape index (κ1) is 88.4. The molecular formula is C64H94InN19O20. The van der Waals surface area contributed by atoms with Gasteiger partial charge in [0.05, 0.1) is 50.2 Å². The second-order valence-corrected chi connectivity index (χ2v) is 24.3. The molecular weight excluding hydrogens is 1470 g/mol. The predicted molar refractivity (Wildman–Crippen MR) is 359 cm³/mol. The van der Waals surface area contributed by atoms with E-state index in [-0.39, 0.29) is 181 Å². The van der Waals surface area contributed by atoms with Crippen molar-refractivity contribution >= 4 is 115 Å². The number of aromatic hydroxyl groups is 1. The molecule has 4 atom stereocenters. The Bertz CT molecular complexity index is 3240. The summed E-state index contributed by atoms with van der Waals surface area (Å²) in [5.74, 6) is -14.2. The number of carboxylic acid groups (broad SMARTS) is 4. The number of phenolic OH excluding ortho intramolecular Hbond substituents is 1. The number of carbonyl (C=O) groups excluding carboxylic acids is 15. The van der Waals surface area contributed by atoms with Crippen LogP contribution in [0.5, 0.6) is 5.75 Å². The van der Waals surface area contributed by atoms with Crippen LogP contribution in [0.25, 0.3) is 0 Å². The van der Waals surface area contributed by atoms with Crippen LogP contribution in [0, 0.1) is 0 Å². The van der Waals surface area contributed by atoms with Gasteiger partial charge in [-0.05, 0) is 69.1 Å². The number of nitrogens with zero attached hydrogens (tertiary/aromatic N) is 6. The summed E-state index contributed by atoms with van der Waals surface area (Å²) in [6, 6.07) is -0.804. The van der Waals surface area contributed by atoms with Gasteiger partial charge in [-0.25, -0.2) is 9.97 Å². The van der Waals surface area contributed by atoms with E-state index in [1.807, 2.05) is 0 Å². The van der Waals surface area contributed by atoms with E-state index in [1.54, 1.807) is 17.3 Å². The molecule has 1 saturated heterocycles. The van der Waals surface area contributed by atoms with Crippen molar-refractivity contribution in [2.45, 2.75) is 120 Å². The molecule has 104 heavy (non-hydrogen) atoms. The summed E-state index contributed by atoms with van der Waals surface area (Å²) in [6.07, 6.45) is 4.99. The van der Waals surface area contributed by atoms with Gasteiger partial charge in [0.1, 0.15) is 29.9 Å². The maximum absolute atomic E-state index is 14.7. The Balaban J connectivity index is 0.0000187. The molecule has 1 aromatic carbocycles. The molecule has 3 heterocycles. The van der Waals surface area contributed by atoms with Gasteiger partial charge in [0.25, 0.3) is 0 Å². The van der Waals surface area contributed by atoms with Crippen LogP contribution in [0.1, 0.15) is 95.4 Å². The number of H-pyrrole nitrogens is 2. The zero-order valence-corrected chi connectivity index (χ0v) is 61.1. The van der Waals surface area contributed by atoms with E-state index in [9.17, 15) is 97.5 Å². The first-order valence-electron chi connectivity index (χ1n) is 33.7. The number of hydrogen-bond acceptors (Lipinski definition) is 26. The van der Waals surface area contributed by atoms with Crippen molar-refractivity contribution in [1.29, 1.82) is 0 Å². The van der Waals surface area contributed by atoms with Crippen molar-refractivity contribution < 1.29 is 98.9 Å². The molecule has 1 aliphatic heterocycles. The monoisotopic (exact) mass is 1560 g/mol. The van der Waals surface area contributed by atoms with Crippen molar-refractivity contribution in [2.75, 3.05) is 118 Å². The molecule has 0 saturated carbocycles. The fourth-order valence-electron chi connectivity index (χ4n) is 10.4. The minimum absolute atomic E-state index is 0. The summed E-state index contributed by atoms with van der Waals surface area (Å²) in [5, 5.41) is 82.7. The Labute approximate surface area is 619 Å². The summed E-state index contributed by atoms with van der Waals surface area (Å²) in [7, 11) is 0. The van der Waals surface area contributed by atoms with Gasteiger partial charge in [-0.1, -0.05) is 12.1 Å². The van der Waals surface area contributed by atoms with Gasteiger partial charge in [-0.2, -0.15) is 0 Å². The van der Waals surface area contributed by atoms with Gasteiger partial charge in [0.2, 0.25) is 65.0 Å². The minimum atomic E-state index is -1.74. The van der Waals surface area contributed by atoms with E-state index in [0.29, 0.717) is 31.5 Å². The number of hydrogen-bond donors (Lipinski definition) is 14. The molecule has 4 rings (SSSR count). The molecule has 11 amide bonds. The average Bonchev–Trinajstić information content (AvgIpc) is 1.25. The SMILES string of the molecule is NC(=O)[C@@H](CCCCNC(=O)CNC(=O)CCC(=O)NCCc1cnc[nH]1)NC(=O)[C@@H](CCC(=O)[O-])NC(=O)[C@@H](CCCCNC(=O)CNC(=O)CCC(=O)NCCc1cnc[nH]1)NC(=O)[C@@H](Cc1ccc(O)cc1)NC(=O)CN1CCN(CC(=O)[O-])CCN(CC(=O)[O-])CCN(CC(=O)[O-])CC1.[111In+3].[H+]. The van der Waals surface area contributed by atoms with Crippen LogP contribution >= 0.6 is 0 Å². The number of nitrogens with two attached hydrogens (primary N) is 1. The Morgan fingerprint density at radius 2 is 0.798 bits per heavy atom. The maximum atomic E-state index is 14.7. The van der Waals surface area contributed by atoms with Crippen LogP contribution in [0.3, 0.4) is 0 Å². The number of aromatic amines is 2. The smallest absolute Gasteiger partial charge is 0.550 e. The fraction of sp³-hybridized carbons (Fsp3) is 0.578. The molecule has 40 heteroatoms. The second-order valence-electron chi connectivity index (χ2n) is 24.3. The number of rotatable bonds is 47. The van der Waals surface area contributed by atoms with Crippen LogP contribution < -0.4 is 79.3 Å². The molecule has 2 aromatic heterocycles. The number of nitrogens with one attached hydrogen (secondary N) is 12. The number of unbranched alkanes of at least 4 members (excludes halogenated alkanes) is 2. The van der Waals surface area contributed by atoms with Gasteiger partial charge >= 0.3 is 27.3 Å². The number of primary amides is 1. The van der Waals surface area contributed by atoms with Gasteiger partial charge in [-0.15, -0.1) is 0 Å². The summed E-state index contributed by atoms with van der Waals surface area (Å²) in [5.41, 5.74) is 7.68. The van der Waals surface area contributed by atoms with Gasteiger partial charge in [-0.3, -0.25) is 72.3 Å². The van der Waals surface area contributed by atoms with E-state index >= 15 is 0 Å². The van der Waals surface area contributed by atoms with Gasteiger partial charge in [0.15, 0.2) is 0 Å². The number of carboxylic acids is 4. The fourth-order valence-corrected chi connectivity index (χ4v) is 10.4. The zero-order valence-electron chi connectivity index (χ0n) is 58.8. The van der Waals surface area contributed by atoms with Crippen LogP contribution in [-0.2, 0) is 91.2 Å². The van der Waals surface area contributed by atoms with Crippen molar-refractivity contribution in [2.24, 2.45) is 5.73 Å². The van der Waals surface area contributed by atoms with Crippen LogP contribution in [-0.4, -0.2) is 301 Å². The van der Waals surface area contributed by atoms with Crippen molar-refractivity contribution in [3.63, 3.8) is 0 Å². The molecule has 1 aliphatic rings. The first-order valence-corrected chi connectivity index (χ1v) is 33.7. The number of aromatic nitrogens is 4.